The number of hydrogen-bond donors (Lipinski definition) is 2. The predicted octanol–water partition coefficient (Wildman–Crippen LogP) is -0.0302. The normalized spacial score (nSPS) is 13.4. The Hall–Kier alpha value is -1.20. The minimum Gasteiger partial charge on any atom is -0.512 e. The number of fused-ring (bicyclic) bond motifs is 1. The van der Waals surface area contributed by atoms with E-state index < -0.39 is 7.32 Å². The van der Waals surface area contributed by atoms with Crippen LogP contribution in [-0.2, 0) is 6.42 Å². The quantitative estimate of drug-likeness (QED) is 0.627. The van der Waals surface area contributed by atoms with Crippen molar-refractivity contribution in [2.45, 2.75) is 6.42 Å². The van der Waals surface area contributed by atoms with Crippen LogP contribution in [0.2, 0.25) is 0 Å². The lowest BCUT2D eigenvalue weighted by molar-refractivity contribution is 0.287. The van der Waals surface area contributed by atoms with Crippen molar-refractivity contribution in [3.63, 3.8) is 0 Å². The van der Waals surface area contributed by atoms with Crippen LogP contribution in [-0.4, -0.2) is 24.0 Å². The summed E-state index contributed by atoms with van der Waals surface area (Å²) in [6, 6.07) is 5.20. The second-order valence-corrected chi connectivity index (χ2v) is 2.81. The molecule has 0 bridgehead atoms. The molecule has 1 aliphatic rings. The van der Waals surface area contributed by atoms with Gasteiger partial charge in [0.05, 0.1) is 6.61 Å². The van der Waals surface area contributed by atoms with Gasteiger partial charge < -0.3 is 19.4 Å². The van der Waals surface area contributed by atoms with Crippen LogP contribution in [0.15, 0.2) is 18.2 Å². The first-order chi connectivity index (χ1) is 6.25. The molecule has 0 aromatic heterocycles. The van der Waals surface area contributed by atoms with Gasteiger partial charge in [0.1, 0.15) is 11.5 Å². The molecule has 0 atom stereocenters. The van der Waals surface area contributed by atoms with Gasteiger partial charge in [-0.05, 0) is 11.6 Å². The smallest absolute Gasteiger partial charge is 0.512 e. The molecule has 0 saturated carbocycles. The molecule has 1 heterocycles. The Labute approximate surface area is 75.9 Å². The lowest BCUT2D eigenvalue weighted by Crippen LogP contribution is -2.20. The van der Waals surface area contributed by atoms with Gasteiger partial charge in [0.15, 0.2) is 0 Å². The van der Waals surface area contributed by atoms with Crippen molar-refractivity contribution in [2.24, 2.45) is 0 Å². The molecular formula is C8H9BO4. The van der Waals surface area contributed by atoms with E-state index in [0.717, 1.165) is 17.7 Å². The average Bonchev–Trinajstić information content (AvgIpc) is 2.49. The Morgan fingerprint density at radius 2 is 2.23 bits per heavy atom. The van der Waals surface area contributed by atoms with Gasteiger partial charge in [-0.15, -0.1) is 0 Å². The highest BCUT2D eigenvalue weighted by atomic mass is 16.6. The minimum atomic E-state index is -1.78. The zero-order valence-electron chi connectivity index (χ0n) is 6.93. The molecule has 0 fully saturated rings. The van der Waals surface area contributed by atoms with E-state index >= 15 is 0 Å². The molecule has 0 amide bonds. The Bertz CT molecular complexity index is 313. The van der Waals surface area contributed by atoms with E-state index in [1.165, 1.54) is 0 Å². The Morgan fingerprint density at radius 3 is 3.00 bits per heavy atom. The fourth-order valence-corrected chi connectivity index (χ4v) is 1.34. The van der Waals surface area contributed by atoms with Gasteiger partial charge >= 0.3 is 7.32 Å². The summed E-state index contributed by atoms with van der Waals surface area (Å²) in [7, 11) is -1.78. The van der Waals surface area contributed by atoms with Crippen molar-refractivity contribution in [1.82, 2.24) is 0 Å². The van der Waals surface area contributed by atoms with E-state index in [0.29, 0.717) is 12.4 Å². The third-order valence-corrected chi connectivity index (χ3v) is 1.91. The van der Waals surface area contributed by atoms with Gasteiger partial charge in [-0.2, -0.15) is 0 Å². The summed E-state index contributed by atoms with van der Waals surface area (Å²) in [5.74, 6) is 1.16. The van der Waals surface area contributed by atoms with E-state index in [-0.39, 0.29) is 0 Å². The van der Waals surface area contributed by atoms with Crippen molar-refractivity contribution in [3.8, 4) is 11.5 Å². The van der Waals surface area contributed by atoms with Gasteiger partial charge in [-0.3, -0.25) is 0 Å². The van der Waals surface area contributed by atoms with Crippen LogP contribution in [0.25, 0.3) is 0 Å². The van der Waals surface area contributed by atoms with Crippen molar-refractivity contribution >= 4 is 7.32 Å². The lowest BCUT2D eigenvalue weighted by Gasteiger charge is -2.05. The molecule has 0 unspecified atom stereocenters. The highest BCUT2D eigenvalue weighted by Gasteiger charge is 2.15. The molecular weight excluding hydrogens is 171 g/mol. The number of rotatable bonds is 2. The maximum absolute atomic E-state index is 8.55. The van der Waals surface area contributed by atoms with Crippen molar-refractivity contribution in [1.29, 1.82) is 0 Å². The van der Waals surface area contributed by atoms with E-state index in [1.54, 1.807) is 12.1 Å². The topological polar surface area (TPSA) is 58.9 Å². The molecule has 2 rings (SSSR count). The van der Waals surface area contributed by atoms with Gasteiger partial charge in [-0.1, -0.05) is 6.07 Å². The van der Waals surface area contributed by atoms with Gasteiger partial charge in [0, 0.05) is 12.5 Å². The van der Waals surface area contributed by atoms with Crippen molar-refractivity contribution < 1.29 is 19.4 Å². The first-order valence-corrected chi connectivity index (χ1v) is 4.04. The minimum absolute atomic E-state index is 0.399. The summed E-state index contributed by atoms with van der Waals surface area (Å²) in [4.78, 5) is 0. The molecule has 0 aliphatic carbocycles. The first kappa shape index (κ1) is 8.41. The maximum atomic E-state index is 8.55. The van der Waals surface area contributed by atoms with Crippen LogP contribution in [0.5, 0.6) is 11.5 Å². The average molecular weight is 180 g/mol. The Morgan fingerprint density at radius 1 is 1.38 bits per heavy atom. The van der Waals surface area contributed by atoms with Crippen LogP contribution in [0.1, 0.15) is 5.56 Å². The van der Waals surface area contributed by atoms with E-state index in [2.05, 4.69) is 4.65 Å². The third kappa shape index (κ3) is 1.76. The Kier molecular flexibility index (Phi) is 2.12. The van der Waals surface area contributed by atoms with Crippen LogP contribution >= 0.6 is 0 Å². The van der Waals surface area contributed by atoms with Gasteiger partial charge in [-0.25, -0.2) is 0 Å². The van der Waals surface area contributed by atoms with Crippen molar-refractivity contribution in [3.05, 3.63) is 23.8 Å². The molecule has 1 aliphatic heterocycles. The number of hydrogen-bond acceptors (Lipinski definition) is 4. The maximum Gasteiger partial charge on any atom is 0.707 e. The third-order valence-electron chi connectivity index (χ3n) is 1.91. The lowest BCUT2D eigenvalue weighted by atomic mass is 10.1. The second kappa shape index (κ2) is 3.28. The van der Waals surface area contributed by atoms with Gasteiger partial charge in [0.2, 0.25) is 0 Å². The second-order valence-electron chi connectivity index (χ2n) is 2.81. The van der Waals surface area contributed by atoms with E-state index in [9.17, 15) is 0 Å². The summed E-state index contributed by atoms with van der Waals surface area (Å²) in [5.41, 5.74) is 1.12. The fourth-order valence-electron chi connectivity index (χ4n) is 1.34. The zero-order valence-corrected chi connectivity index (χ0v) is 6.93. The Balaban J connectivity index is 2.21. The summed E-state index contributed by atoms with van der Waals surface area (Å²) in [6.07, 6.45) is 0.900. The molecule has 0 radical (unpaired) electrons. The van der Waals surface area contributed by atoms with E-state index in [1.807, 2.05) is 6.07 Å². The molecule has 1 aromatic carbocycles. The SMILES string of the molecule is OB(O)Oc1ccc2c(c1)OCC2. The molecule has 1 aromatic rings. The van der Waals surface area contributed by atoms with Crippen LogP contribution in [0, 0.1) is 0 Å². The summed E-state index contributed by atoms with van der Waals surface area (Å²) in [6.45, 7) is 0.681. The molecule has 2 N–H and O–H groups in total. The molecule has 13 heavy (non-hydrogen) atoms. The molecule has 68 valence electrons. The fraction of sp³-hybridized carbons (Fsp3) is 0.250. The summed E-state index contributed by atoms with van der Waals surface area (Å²) in [5, 5.41) is 17.1. The molecule has 5 heteroatoms. The molecule has 4 nitrogen and oxygen atoms in total. The predicted molar refractivity (Wildman–Crippen MR) is 46.5 cm³/mol. The highest BCUT2D eigenvalue weighted by Crippen LogP contribution is 2.29. The van der Waals surface area contributed by atoms with E-state index in [4.69, 9.17) is 14.8 Å². The van der Waals surface area contributed by atoms with Crippen LogP contribution < -0.4 is 9.39 Å². The number of ether oxygens (including phenoxy) is 1. The molecule has 0 spiro atoms. The monoisotopic (exact) mass is 180 g/mol. The number of benzene rings is 1. The molecule has 0 saturated heterocycles. The highest BCUT2D eigenvalue weighted by molar-refractivity contribution is 6.33. The summed E-state index contributed by atoms with van der Waals surface area (Å²) >= 11 is 0. The van der Waals surface area contributed by atoms with Crippen molar-refractivity contribution in [2.75, 3.05) is 6.61 Å². The van der Waals surface area contributed by atoms with Gasteiger partial charge in [0.25, 0.3) is 0 Å². The van der Waals surface area contributed by atoms with Crippen LogP contribution in [0.3, 0.4) is 0 Å². The van der Waals surface area contributed by atoms with Crippen LogP contribution in [0.4, 0.5) is 0 Å². The largest absolute Gasteiger partial charge is 0.707 e. The summed E-state index contributed by atoms with van der Waals surface area (Å²) < 4.78 is 9.95. The standard InChI is InChI=1S/C8H9BO4/c10-9(11)13-7-2-1-6-3-4-12-8(6)5-7/h1-2,5,10-11H,3-4H2. The zero-order chi connectivity index (χ0) is 9.26. The first-order valence-electron chi connectivity index (χ1n) is 4.04.